The number of nitrogen functional groups attached to an aromatic ring is 1. The van der Waals surface area contributed by atoms with E-state index in [4.69, 9.17) is 10.2 Å². The van der Waals surface area contributed by atoms with Crippen LogP contribution >= 0.6 is 0 Å². The minimum atomic E-state index is 0.442. The molecule has 2 rings (SSSR count). The smallest absolute Gasteiger partial charge is 0.190 e. The Morgan fingerprint density at radius 2 is 2.42 bits per heavy atom. The normalized spacial score (nSPS) is 10.3. The van der Waals surface area contributed by atoms with Crippen LogP contribution in [0.4, 0.5) is 5.88 Å². The average Bonchev–Trinajstić information content (AvgIpc) is 2.63. The summed E-state index contributed by atoms with van der Waals surface area (Å²) in [5, 5.41) is 4.04. The van der Waals surface area contributed by atoms with E-state index < -0.39 is 0 Å². The van der Waals surface area contributed by atoms with E-state index in [2.05, 4.69) is 5.10 Å². The van der Waals surface area contributed by atoms with Crippen LogP contribution in [0, 0.1) is 0 Å². The van der Waals surface area contributed by atoms with Crippen LogP contribution in [0.15, 0.2) is 35.0 Å². The molecule has 0 amide bonds. The third kappa shape index (κ3) is 1.32. The average molecular weight is 163 g/mol. The second kappa shape index (κ2) is 2.73. The van der Waals surface area contributed by atoms with Gasteiger partial charge in [0.05, 0.1) is 6.54 Å². The molecule has 2 N–H and O–H groups in total. The predicted molar refractivity (Wildman–Crippen MR) is 44.4 cm³/mol. The van der Waals surface area contributed by atoms with Crippen LogP contribution in [0.2, 0.25) is 0 Å². The van der Waals surface area contributed by atoms with Crippen molar-refractivity contribution in [1.82, 2.24) is 9.78 Å². The number of rotatable bonds is 2. The molecule has 0 atom stereocenters. The topological polar surface area (TPSA) is 57.0 Å². The zero-order valence-electron chi connectivity index (χ0n) is 6.47. The second-order valence-corrected chi connectivity index (χ2v) is 2.51. The largest absolute Gasteiger partial charge is 0.444 e. The number of hydrogen-bond donors (Lipinski definition) is 1. The Morgan fingerprint density at radius 1 is 1.50 bits per heavy atom. The monoisotopic (exact) mass is 163 g/mol. The van der Waals surface area contributed by atoms with Gasteiger partial charge in [0.15, 0.2) is 5.88 Å². The first kappa shape index (κ1) is 6.97. The fraction of sp³-hybridized carbons (Fsp3) is 0.125. The van der Waals surface area contributed by atoms with E-state index in [1.807, 2.05) is 18.3 Å². The Kier molecular flexibility index (Phi) is 1.59. The van der Waals surface area contributed by atoms with Gasteiger partial charge in [0.1, 0.15) is 5.76 Å². The van der Waals surface area contributed by atoms with Gasteiger partial charge < -0.3 is 10.2 Å². The zero-order valence-corrected chi connectivity index (χ0v) is 6.47. The molecule has 0 saturated heterocycles. The minimum absolute atomic E-state index is 0.442. The van der Waals surface area contributed by atoms with Crippen molar-refractivity contribution >= 4 is 5.88 Å². The molecule has 0 aliphatic rings. The standard InChI is InChI=1S/C8H9N3O/c9-8-3-2-7(12-8)6-11-5-1-4-10-11/h1-5H,6,9H2. The summed E-state index contributed by atoms with van der Waals surface area (Å²) in [4.78, 5) is 0. The van der Waals surface area contributed by atoms with E-state index in [9.17, 15) is 0 Å². The molecular formula is C8H9N3O. The Hall–Kier alpha value is -1.71. The summed E-state index contributed by atoms with van der Waals surface area (Å²) in [7, 11) is 0. The Balaban J connectivity index is 2.14. The molecule has 0 aromatic carbocycles. The Labute approximate surface area is 69.6 Å². The van der Waals surface area contributed by atoms with Crippen molar-refractivity contribution in [3.05, 3.63) is 36.4 Å². The molecule has 2 aromatic heterocycles. The summed E-state index contributed by atoms with van der Waals surface area (Å²) in [5.74, 6) is 1.26. The summed E-state index contributed by atoms with van der Waals surface area (Å²) in [5.41, 5.74) is 5.41. The number of hydrogen-bond acceptors (Lipinski definition) is 3. The molecular weight excluding hydrogens is 154 g/mol. The van der Waals surface area contributed by atoms with Crippen molar-refractivity contribution in [3.63, 3.8) is 0 Å². The summed E-state index contributed by atoms with van der Waals surface area (Å²) in [6, 6.07) is 5.45. The quantitative estimate of drug-likeness (QED) is 0.721. The first-order valence-electron chi connectivity index (χ1n) is 3.66. The van der Waals surface area contributed by atoms with Gasteiger partial charge in [-0.05, 0) is 12.1 Å². The highest BCUT2D eigenvalue weighted by Crippen LogP contribution is 2.09. The highest BCUT2D eigenvalue weighted by Gasteiger charge is 1.98. The molecule has 12 heavy (non-hydrogen) atoms. The molecule has 0 radical (unpaired) electrons. The van der Waals surface area contributed by atoms with Gasteiger partial charge in [-0.3, -0.25) is 4.68 Å². The van der Waals surface area contributed by atoms with Crippen LogP contribution < -0.4 is 5.73 Å². The van der Waals surface area contributed by atoms with Crippen LogP contribution in [-0.2, 0) is 6.54 Å². The lowest BCUT2D eigenvalue weighted by molar-refractivity contribution is 0.494. The van der Waals surface area contributed by atoms with E-state index in [0.29, 0.717) is 12.4 Å². The van der Waals surface area contributed by atoms with Gasteiger partial charge in [-0.15, -0.1) is 0 Å². The van der Waals surface area contributed by atoms with Crippen LogP contribution in [0.1, 0.15) is 5.76 Å². The Bertz CT molecular complexity index is 350. The molecule has 0 bridgehead atoms. The Morgan fingerprint density at radius 3 is 3.00 bits per heavy atom. The van der Waals surface area contributed by atoms with Crippen molar-refractivity contribution < 1.29 is 4.42 Å². The molecule has 2 heterocycles. The van der Waals surface area contributed by atoms with Crippen molar-refractivity contribution in [2.45, 2.75) is 6.54 Å². The molecule has 4 nitrogen and oxygen atoms in total. The fourth-order valence-electron chi connectivity index (χ4n) is 1.03. The number of nitrogens with two attached hydrogens (primary N) is 1. The first-order chi connectivity index (χ1) is 5.84. The molecule has 2 aromatic rings. The number of furan rings is 1. The summed E-state index contributed by atoms with van der Waals surface area (Å²) < 4.78 is 6.95. The molecule has 4 heteroatoms. The molecule has 0 fully saturated rings. The second-order valence-electron chi connectivity index (χ2n) is 2.51. The van der Waals surface area contributed by atoms with Crippen molar-refractivity contribution in [3.8, 4) is 0 Å². The lowest BCUT2D eigenvalue weighted by Crippen LogP contribution is -1.97. The van der Waals surface area contributed by atoms with E-state index in [0.717, 1.165) is 5.76 Å². The third-order valence-electron chi connectivity index (χ3n) is 1.56. The number of anilines is 1. The number of nitrogens with zero attached hydrogens (tertiary/aromatic N) is 2. The molecule has 0 saturated carbocycles. The molecule has 0 aliphatic heterocycles. The van der Waals surface area contributed by atoms with Crippen LogP contribution in [-0.4, -0.2) is 9.78 Å². The molecule has 62 valence electrons. The SMILES string of the molecule is Nc1ccc(Cn2cccn2)o1. The van der Waals surface area contributed by atoms with Gasteiger partial charge in [0.25, 0.3) is 0 Å². The molecule has 0 aliphatic carbocycles. The van der Waals surface area contributed by atoms with Crippen molar-refractivity contribution in [2.75, 3.05) is 5.73 Å². The highest BCUT2D eigenvalue weighted by atomic mass is 16.4. The zero-order chi connectivity index (χ0) is 8.39. The van der Waals surface area contributed by atoms with E-state index >= 15 is 0 Å². The summed E-state index contributed by atoms with van der Waals surface area (Å²) in [6.45, 7) is 0.629. The number of aromatic nitrogens is 2. The van der Waals surface area contributed by atoms with Gasteiger partial charge in [-0.25, -0.2) is 0 Å². The first-order valence-corrected chi connectivity index (χ1v) is 3.66. The summed E-state index contributed by atoms with van der Waals surface area (Å²) >= 11 is 0. The van der Waals surface area contributed by atoms with Gasteiger partial charge >= 0.3 is 0 Å². The third-order valence-corrected chi connectivity index (χ3v) is 1.56. The van der Waals surface area contributed by atoms with Crippen molar-refractivity contribution in [2.24, 2.45) is 0 Å². The maximum Gasteiger partial charge on any atom is 0.190 e. The van der Waals surface area contributed by atoms with Gasteiger partial charge in [-0.1, -0.05) is 0 Å². The van der Waals surface area contributed by atoms with Gasteiger partial charge in [0.2, 0.25) is 0 Å². The van der Waals surface area contributed by atoms with Gasteiger partial charge in [-0.2, -0.15) is 5.10 Å². The maximum absolute atomic E-state index is 5.41. The van der Waals surface area contributed by atoms with Crippen molar-refractivity contribution in [1.29, 1.82) is 0 Å². The van der Waals surface area contributed by atoms with Gasteiger partial charge in [0, 0.05) is 18.5 Å². The van der Waals surface area contributed by atoms with E-state index in [1.54, 1.807) is 16.9 Å². The lowest BCUT2D eigenvalue weighted by Gasteiger charge is -1.95. The van der Waals surface area contributed by atoms with Crippen LogP contribution in [0.25, 0.3) is 0 Å². The van der Waals surface area contributed by atoms with Crippen LogP contribution in [0.5, 0.6) is 0 Å². The molecule has 0 spiro atoms. The fourth-order valence-corrected chi connectivity index (χ4v) is 1.03. The molecule has 0 unspecified atom stereocenters. The summed E-state index contributed by atoms with van der Waals surface area (Å²) in [6.07, 6.45) is 3.60. The highest BCUT2D eigenvalue weighted by molar-refractivity contribution is 5.25. The van der Waals surface area contributed by atoms with E-state index in [1.165, 1.54) is 0 Å². The van der Waals surface area contributed by atoms with Crippen LogP contribution in [0.3, 0.4) is 0 Å². The minimum Gasteiger partial charge on any atom is -0.444 e. The lowest BCUT2D eigenvalue weighted by atomic mass is 10.4. The van der Waals surface area contributed by atoms with E-state index in [-0.39, 0.29) is 0 Å². The maximum atomic E-state index is 5.41. The predicted octanol–water partition coefficient (Wildman–Crippen LogP) is 1.11.